The van der Waals surface area contributed by atoms with Crippen LogP contribution in [-0.2, 0) is 11.2 Å². The second-order valence-electron chi connectivity index (χ2n) is 4.44. The molecular formula is C13H13ClFNO2. The summed E-state index contributed by atoms with van der Waals surface area (Å²) in [5.74, 6) is -1.03. The Morgan fingerprint density at radius 3 is 2.67 bits per heavy atom. The molecule has 0 aliphatic heterocycles. The van der Waals surface area contributed by atoms with Crippen molar-refractivity contribution in [3.63, 3.8) is 0 Å². The fourth-order valence-corrected chi connectivity index (χ4v) is 2.60. The highest BCUT2D eigenvalue weighted by Gasteiger charge is 2.28. The first-order valence-corrected chi connectivity index (χ1v) is 6.12. The van der Waals surface area contributed by atoms with Crippen molar-refractivity contribution in [3.8, 4) is 0 Å². The molecule has 0 saturated heterocycles. The number of halogens is 2. The third-order valence-corrected chi connectivity index (χ3v) is 3.51. The van der Waals surface area contributed by atoms with E-state index < -0.39 is 5.82 Å². The van der Waals surface area contributed by atoms with E-state index in [-0.39, 0.29) is 22.4 Å². The van der Waals surface area contributed by atoms with E-state index in [0.717, 1.165) is 0 Å². The van der Waals surface area contributed by atoms with Crippen molar-refractivity contribution in [3.05, 3.63) is 27.5 Å². The van der Waals surface area contributed by atoms with Crippen molar-refractivity contribution in [2.45, 2.75) is 33.1 Å². The summed E-state index contributed by atoms with van der Waals surface area (Å²) in [4.78, 5) is 23.1. The van der Waals surface area contributed by atoms with Gasteiger partial charge in [0, 0.05) is 18.9 Å². The van der Waals surface area contributed by atoms with E-state index in [1.807, 2.05) is 0 Å². The Balaban J connectivity index is 2.74. The minimum absolute atomic E-state index is 0.0926. The van der Waals surface area contributed by atoms with E-state index in [1.165, 1.54) is 6.92 Å². The number of carbonyl (C=O) groups is 2. The molecule has 1 aliphatic rings. The molecule has 0 bridgehead atoms. The molecule has 1 N–H and O–H groups in total. The van der Waals surface area contributed by atoms with Crippen molar-refractivity contribution in [1.82, 2.24) is 0 Å². The number of anilines is 1. The molecule has 1 aromatic carbocycles. The maximum atomic E-state index is 14.0. The summed E-state index contributed by atoms with van der Waals surface area (Å²) in [6.45, 7) is 2.91. The Morgan fingerprint density at radius 1 is 1.39 bits per heavy atom. The first kappa shape index (κ1) is 13.0. The molecule has 0 aromatic heterocycles. The summed E-state index contributed by atoms with van der Waals surface area (Å²) in [6.07, 6.45) is 1.74. The fourth-order valence-electron chi connectivity index (χ4n) is 2.32. The molecule has 1 aromatic rings. The van der Waals surface area contributed by atoms with E-state index in [2.05, 4.69) is 5.32 Å². The summed E-state index contributed by atoms with van der Waals surface area (Å²) >= 11 is 5.90. The third-order valence-electron chi connectivity index (χ3n) is 3.16. The van der Waals surface area contributed by atoms with Crippen LogP contribution in [0.2, 0.25) is 5.02 Å². The summed E-state index contributed by atoms with van der Waals surface area (Å²) in [7, 11) is 0. The van der Waals surface area contributed by atoms with Gasteiger partial charge in [-0.25, -0.2) is 4.39 Å². The number of fused-ring (bicyclic) bond motifs is 1. The average Bonchev–Trinajstić information content (AvgIpc) is 2.31. The lowest BCUT2D eigenvalue weighted by Crippen LogP contribution is -2.19. The Hall–Kier alpha value is -1.42. The molecule has 0 radical (unpaired) electrons. The van der Waals surface area contributed by atoms with Crippen LogP contribution in [0.1, 0.15) is 41.3 Å². The molecule has 0 fully saturated rings. The standard InChI is InChI=1S/C13H13ClFNO2/c1-6-8-4-3-5-9(18)10(8)13(16-7(2)17)11(14)12(6)15/h3-5H2,1-2H3,(H,16,17). The maximum absolute atomic E-state index is 14.0. The number of hydrogen-bond donors (Lipinski definition) is 1. The number of rotatable bonds is 1. The quantitative estimate of drug-likeness (QED) is 0.850. The van der Waals surface area contributed by atoms with Crippen LogP contribution < -0.4 is 5.32 Å². The largest absolute Gasteiger partial charge is 0.324 e. The van der Waals surface area contributed by atoms with Gasteiger partial charge < -0.3 is 5.32 Å². The number of nitrogens with one attached hydrogen (secondary N) is 1. The predicted octanol–water partition coefficient (Wildman–Crippen LogP) is 3.26. The molecule has 3 nitrogen and oxygen atoms in total. The minimum Gasteiger partial charge on any atom is -0.324 e. The predicted molar refractivity (Wildman–Crippen MR) is 67.7 cm³/mol. The highest BCUT2D eigenvalue weighted by molar-refractivity contribution is 6.35. The van der Waals surface area contributed by atoms with Gasteiger partial charge >= 0.3 is 0 Å². The van der Waals surface area contributed by atoms with E-state index in [1.54, 1.807) is 6.92 Å². The van der Waals surface area contributed by atoms with E-state index in [0.29, 0.717) is 36.0 Å². The Kier molecular flexibility index (Phi) is 3.39. The maximum Gasteiger partial charge on any atom is 0.221 e. The van der Waals surface area contributed by atoms with Gasteiger partial charge in [0.15, 0.2) is 5.78 Å². The van der Waals surface area contributed by atoms with Crippen LogP contribution in [0, 0.1) is 12.7 Å². The molecule has 5 heteroatoms. The van der Waals surface area contributed by atoms with E-state index in [9.17, 15) is 14.0 Å². The SMILES string of the molecule is CC(=O)Nc1c(Cl)c(F)c(C)c2c1C(=O)CCC2. The minimum atomic E-state index is -0.561. The van der Waals surface area contributed by atoms with Crippen LogP contribution in [0.15, 0.2) is 0 Å². The van der Waals surface area contributed by atoms with Crippen molar-refractivity contribution in [2.75, 3.05) is 5.32 Å². The second kappa shape index (κ2) is 4.69. The van der Waals surface area contributed by atoms with Crippen LogP contribution in [0.4, 0.5) is 10.1 Å². The molecule has 0 atom stereocenters. The van der Waals surface area contributed by atoms with Crippen molar-refractivity contribution < 1.29 is 14.0 Å². The van der Waals surface area contributed by atoms with Gasteiger partial charge in [0.2, 0.25) is 5.91 Å². The Morgan fingerprint density at radius 2 is 2.06 bits per heavy atom. The number of benzene rings is 1. The molecular weight excluding hydrogens is 257 g/mol. The van der Waals surface area contributed by atoms with E-state index >= 15 is 0 Å². The zero-order chi connectivity index (χ0) is 13.4. The van der Waals surface area contributed by atoms with Gasteiger partial charge in [-0.1, -0.05) is 11.6 Å². The number of ketones is 1. The lowest BCUT2D eigenvalue weighted by molar-refractivity contribution is -0.114. The van der Waals surface area contributed by atoms with Gasteiger partial charge in [-0.05, 0) is 30.9 Å². The molecule has 2 rings (SSSR count). The third kappa shape index (κ3) is 2.01. The molecule has 0 heterocycles. The van der Waals surface area contributed by atoms with Crippen LogP contribution in [-0.4, -0.2) is 11.7 Å². The molecule has 0 unspecified atom stereocenters. The average molecular weight is 270 g/mol. The van der Waals surface area contributed by atoms with Crippen LogP contribution in [0.25, 0.3) is 0 Å². The Bertz CT molecular complexity index is 555. The van der Waals surface area contributed by atoms with Gasteiger partial charge in [-0.3, -0.25) is 9.59 Å². The molecule has 96 valence electrons. The summed E-state index contributed by atoms with van der Waals surface area (Å²) in [5.41, 5.74) is 1.56. The normalized spacial score (nSPS) is 14.3. The Labute approximate surface area is 109 Å². The van der Waals surface area contributed by atoms with Crippen LogP contribution >= 0.6 is 11.6 Å². The van der Waals surface area contributed by atoms with Crippen molar-refractivity contribution >= 4 is 29.0 Å². The molecule has 0 spiro atoms. The monoisotopic (exact) mass is 269 g/mol. The topological polar surface area (TPSA) is 46.2 Å². The van der Waals surface area contributed by atoms with Gasteiger partial charge in [0.1, 0.15) is 10.8 Å². The highest BCUT2D eigenvalue weighted by atomic mass is 35.5. The van der Waals surface area contributed by atoms with Gasteiger partial charge in [0.05, 0.1) is 5.69 Å². The number of hydrogen-bond acceptors (Lipinski definition) is 2. The first-order chi connectivity index (χ1) is 8.43. The van der Waals surface area contributed by atoms with Crippen LogP contribution in [0.5, 0.6) is 0 Å². The number of carbonyl (C=O) groups excluding carboxylic acids is 2. The summed E-state index contributed by atoms with van der Waals surface area (Å²) < 4.78 is 14.0. The lowest BCUT2D eigenvalue weighted by atomic mass is 9.86. The van der Waals surface area contributed by atoms with Gasteiger partial charge in [0.25, 0.3) is 0 Å². The summed E-state index contributed by atoms with van der Waals surface area (Å²) in [5, 5.41) is 2.28. The summed E-state index contributed by atoms with van der Waals surface area (Å²) in [6, 6.07) is 0. The number of amides is 1. The molecule has 1 aliphatic carbocycles. The number of Topliss-reactive ketones (excluding diaryl/α,β-unsaturated/α-hetero) is 1. The lowest BCUT2D eigenvalue weighted by Gasteiger charge is -2.22. The van der Waals surface area contributed by atoms with Crippen molar-refractivity contribution in [1.29, 1.82) is 0 Å². The molecule has 0 saturated carbocycles. The zero-order valence-electron chi connectivity index (χ0n) is 10.2. The van der Waals surface area contributed by atoms with Crippen LogP contribution in [0.3, 0.4) is 0 Å². The van der Waals surface area contributed by atoms with Crippen molar-refractivity contribution in [2.24, 2.45) is 0 Å². The zero-order valence-corrected chi connectivity index (χ0v) is 10.9. The highest BCUT2D eigenvalue weighted by Crippen LogP contribution is 2.38. The second-order valence-corrected chi connectivity index (χ2v) is 4.82. The van der Waals surface area contributed by atoms with Gasteiger partial charge in [-0.2, -0.15) is 0 Å². The molecule has 18 heavy (non-hydrogen) atoms. The van der Waals surface area contributed by atoms with E-state index in [4.69, 9.17) is 11.6 Å². The fraction of sp³-hybridized carbons (Fsp3) is 0.385. The van der Waals surface area contributed by atoms with Gasteiger partial charge in [-0.15, -0.1) is 0 Å². The smallest absolute Gasteiger partial charge is 0.221 e. The molecule has 1 amide bonds. The first-order valence-electron chi connectivity index (χ1n) is 5.74.